The molecule has 3 rings (SSSR count). The Morgan fingerprint density at radius 2 is 2.00 bits per heavy atom. The Kier molecular flexibility index (Phi) is 8.65. The maximum absolute atomic E-state index is 13.0. The number of hydrogen-bond acceptors (Lipinski definition) is 8. The number of Topliss-reactive ketones (excluding diaryl/α,β-unsaturated/α-hetero) is 1. The van der Waals surface area contributed by atoms with E-state index in [1.807, 2.05) is 37.3 Å². The second kappa shape index (κ2) is 11.7. The third-order valence-electron chi connectivity index (χ3n) is 5.86. The molecule has 8 heteroatoms. The van der Waals surface area contributed by atoms with E-state index in [1.165, 1.54) is 19.4 Å². The van der Waals surface area contributed by atoms with Crippen LogP contribution in [0, 0.1) is 11.8 Å². The third kappa shape index (κ3) is 6.22. The van der Waals surface area contributed by atoms with Crippen molar-refractivity contribution in [1.82, 2.24) is 4.98 Å². The van der Waals surface area contributed by atoms with Crippen molar-refractivity contribution in [3.8, 4) is 17.2 Å². The number of rotatable bonds is 7. The number of hydrogen-bond donors (Lipinski definition) is 1. The van der Waals surface area contributed by atoms with Crippen LogP contribution < -0.4 is 9.47 Å². The summed E-state index contributed by atoms with van der Waals surface area (Å²) < 4.78 is 22.8. The van der Waals surface area contributed by atoms with Crippen molar-refractivity contribution < 1.29 is 33.6 Å². The van der Waals surface area contributed by atoms with Gasteiger partial charge in [0.05, 0.1) is 19.6 Å². The molecule has 1 saturated heterocycles. The summed E-state index contributed by atoms with van der Waals surface area (Å²) in [5.74, 6) is -1.25. The predicted octanol–water partition coefficient (Wildman–Crippen LogP) is 3.81. The van der Waals surface area contributed by atoms with Crippen molar-refractivity contribution in [2.24, 2.45) is 11.8 Å². The minimum atomic E-state index is -0.831. The molecule has 0 radical (unpaired) electrons. The Hall–Kier alpha value is -3.13. The maximum Gasteiger partial charge on any atom is 0.312 e. The normalized spacial score (nSPS) is 23.9. The summed E-state index contributed by atoms with van der Waals surface area (Å²) in [6, 6.07) is 10.9. The Bertz CT molecular complexity index is 934. The summed E-state index contributed by atoms with van der Waals surface area (Å²) in [5, 5.41) is 10.2. The number of ether oxygens (including phenoxy) is 4. The van der Waals surface area contributed by atoms with Gasteiger partial charge >= 0.3 is 5.97 Å². The second-order valence-corrected chi connectivity index (χ2v) is 8.10. The first kappa shape index (κ1) is 24.5. The van der Waals surface area contributed by atoms with Gasteiger partial charge in [-0.15, -0.1) is 0 Å². The molecular weight excluding hydrogens is 426 g/mol. The monoisotopic (exact) mass is 457 g/mol. The van der Waals surface area contributed by atoms with E-state index in [9.17, 15) is 14.7 Å². The molecule has 0 bridgehead atoms. The van der Waals surface area contributed by atoms with E-state index in [-0.39, 0.29) is 42.2 Å². The van der Waals surface area contributed by atoms with Gasteiger partial charge in [0, 0.05) is 31.2 Å². The van der Waals surface area contributed by atoms with Crippen LogP contribution >= 0.6 is 0 Å². The number of carbonyl (C=O) groups excluding carboxylic acids is 2. The minimum Gasteiger partial charge on any atom is -0.503 e. The summed E-state index contributed by atoms with van der Waals surface area (Å²) >= 11 is 0. The molecule has 0 amide bonds. The van der Waals surface area contributed by atoms with Crippen molar-refractivity contribution in [2.45, 2.75) is 45.3 Å². The minimum absolute atomic E-state index is 0.0443. The molecule has 1 aliphatic heterocycles. The number of esters is 1. The summed E-state index contributed by atoms with van der Waals surface area (Å²) in [7, 11) is 1.38. The van der Waals surface area contributed by atoms with Gasteiger partial charge in [-0.1, -0.05) is 25.1 Å². The van der Waals surface area contributed by atoms with Crippen LogP contribution in [0.25, 0.3) is 0 Å². The number of aromatic hydroxyl groups is 1. The fourth-order valence-electron chi connectivity index (χ4n) is 3.97. The summed E-state index contributed by atoms with van der Waals surface area (Å²) in [6.45, 7) is 4.36. The average molecular weight is 458 g/mol. The Morgan fingerprint density at radius 3 is 2.70 bits per heavy atom. The highest BCUT2D eigenvalue weighted by atomic mass is 16.6. The van der Waals surface area contributed by atoms with E-state index in [0.29, 0.717) is 12.4 Å². The van der Waals surface area contributed by atoms with E-state index >= 15 is 0 Å². The molecule has 33 heavy (non-hydrogen) atoms. The first-order valence-electron chi connectivity index (χ1n) is 11.2. The smallest absolute Gasteiger partial charge is 0.312 e. The summed E-state index contributed by atoms with van der Waals surface area (Å²) in [5.41, 5.74) is -0.149. The molecule has 1 fully saturated rings. The summed E-state index contributed by atoms with van der Waals surface area (Å²) in [4.78, 5) is 29.8. The van der Waals surface area contributed by atoms with Crippen LogP contribution in [0.3, 0.4) is 0 Å². The highest BCUT2D eigenvalue weighted by Crippen LogP contribution is 2.30. The first-order valence-corrected chi connectivity index (χ1v) is 11.2. The molecule has 2 heterocycles. The number of methoxy groups -OCH3 is 1. The highest BCUT2D eigenvalue weighted by molar-refractivity contribution is 5.99. The molecule has 2 aromatic rings. The number of ketones is 1. The zero-order valence-corrected chi connectivity index (χ0v) is 19.2. The molecule has 1 N–H and O–H groups in total. The molecule has 0 unspecified atom stereocenters. The van der Waals surface area contributed by atoms with Crippen LogP contribution in [0.1, 0.15) is 43.6 Å². The molecule has 0 saturated carbocycles. The Labute approximate surface area is 193 Å². The fraction of sp³-hybridized carbons (Fsp3) is 0.480. The second-order valence-electron chi connectivity index (χ2n) is 8.10. The fourth-order valence-corrected chi connectivity index (χ4v) is 3.97. The van der Waals surface area contributed by atoms with Crippen molar-refractivity contribution in [2.75, 3.05) is 20.3 Å². The van der Waals surface area contributed by atoms with Crippen molar-refractivity contribution in [3.63, 3.8) is 0 Å². The molecular formula is C25H31NO7. The van der Waals surface area contributed by atoms with Crippen molar-refractivity contribution >= 4 is 11.8 Å². The van der Waals surface area contributed by atoms with Crippen LogP contribution in [-0.4, -0.2) is 54.4 Å². The van der Waals surface area contributed by atoms with Gasteiger partial charge < -0.3 is 24.1 Å². The van der Waals surface area contributed by atoms with Crippen LogP contribution in [0.2, 0.25) is 0 Å². The van der Waals surface area contributed by atoms with Gasteiger partial charge in [0.1, 0.15) is 18.0 Å². The Morgan fingerprint density at radius 1 is 1.24 bits per heavy atom. The van der Waals surface area contributed by atoms with Gasteiger partial charge in [0.25, 0.3) is 0 Å². The topological polar surface area (TPSA) is 104 Å². The van der Waals surface area contributed by atoms with Crippen LogP contribution in [0.4, 0.5) is 0 Å². The lowest BCUT2D eigenvalue weighted by atomic mass is 9.92. The predicted molar refractivity (Wildman–Crippen MR) is 121 cm³/mol. The zero-order chi connectivity index (χ0) is 23.8. The largest absolute Gasteiger partial charge is 0.503 e. The first-order chi connectivity index (χ1) is 15.9. The van der Waals surface area contributed by atoms with Gasteiger partial charge in [0.2, 0.25) is 0 Å². The number of aromatic nitrogens is 1. The molecule has 0 aliphatic carbocycles. The number of benzene rings is 1. The average Bonchev–Trinajstić information content (AvgIpc) is 2.82. The number of cyclic esters (lactones) is 1. The van der Waals surface area contributed by atoms with E-state index in [2.05, 4.69) is 11.9 Å². The van der Waals surface area contributed by atoms with Gasteiger partial charge in [-0.05, 0) is 31.9 Å². The third-order valence-corrected chi connectivity index (χ3v) is 5.86. The quantitative estimate of drug-likeness (QED) is 0.494. The SMILES string of the molecule is CC[C@H]1CCOC[C@H](CC(=O)c2nccc(OC)c2O)C(=O)O[C@@H](C)[C@@H]1Oc1ccccc1. The van der Waals surface area contributed by atoms with E-state index in [4.69, 9.17) is 18.9 Å². The molecule has 1 aliphatic rings. The lowest BCUT2D eigenvalue weighted by Crippen LogP contribution is -2.42. The number of pyridine rings is 1. The van der Waals surface area contributed by atoms with Crippen molar-refractivity contribution in [1.29, 1.82) is 0 Å². The van der Waals surface area contributed by atoms with E-state index in [1.54, 1.807) is 0 Å². The molecule has 1 aromatic carbocycles. The number of carbonyl (C=O) groups is 2. The van der Waals surface area contributed by atoms with Crippen LogP contribution in [0.15, 0.2) is 42.6 Å². The Balaban J connectivity index is 1.75. The van der Waals surface area contributed by atoms with Gasteiger partial charge in [-0.25, -0.2) is 4.98 Å². The molecule has 0 spiro atoms. The van der Waals surface area contributed by atoms with Gasteiger partial charge in [-0.3, -0.25) is 9.59 Å². The number of nitrogens with zero attached hydrogens (tertiary/aromatic N) is 1. The van der Waals surface area contributed by atoms with E-state index < -0.39 is 23.8 Å². The van der Waals surface area contributed by atoms with E-state index in [0.717, 1.165) is 12.8 Å². The lowest BCUT2D eigenvalue weighted by Gasteiger charge is -2.33. The highest BCUT2D eigenvalue weighted by Gasteiger charge is 2.35. The molecule has 8 nitrogen and oxygen atoms in total. The number of para-hydroxylation sites is 1. The molecule has 1 aromatic heterocycles. The lowest BCUT2D eigenvalue weighted by molar-refractivity contribution is -0.163. The zero-order valence-electron chi connectivity index (χ0n) is 19.2. The van der Waals surface area contributed by atoms with Crippen LogP contribution in [0.5, 0.6) is 17.2 Å². The van der Waals surface area contributed by atoms with Gasteiger partial charge in [-0.2, -0.15) is 0 Å². The molecule has 4 atom stereocenters. The standard InChI is InChI=1S/C25H31NO7/c1-4-17-11-13-31-15-18(14-20(27)22-23(28)21(30-3)10-12-26-22)25(29)32-16(2)24(17)33-19-8-6-5-7-9-19/h5-10,12,16-18,24,28H,4,11,13-15H2,1-3H3/t16-,17-,18-,24-/m0/s1. The van der Waals surface area contributed by atoms with Gasteiger partial charge in [0.15, 0.2) is 23.0 Å². The molecule has 178 valence electrons. The maximum atomic E-state index is 13.0. The van der Waals surface area contributed by atoms with Crippen molar-refractivity contribution in [3.05, 3.63) is 48.3 Å². The summed E-state index contributed by atoms with van der Waals surface area (Å²) in [6.07, 6.45) is 1.85. The van der Waals surface area contributed by atoms with Crippen LogP contribution in [-0.2, 0) is 14.3 Å².